The van der Waals surface area contributed by atoms with Gasteiger partial charge in [0, 0.05) is 50.6 Å². The highest BCUT2D eigenvalue weighted by Gasteiger charge is 2.15. The second kappa shape index (κ2) is 13.9. The highest BCUT2D eigenvalue weighted by Crippen LogP contribution is 2.34. The van der Waals surface area contributed by atoms with Crippen LogP contribution in [0.25, 0.3) is 111 Å². The van der Waals surface area contributed by atoms with Crippen molar-refractivity contribution in [3.05, 3.63) is 188 Å². The molecule has 0 radical (unpaired) electrons. The summed E-state index contributed by atoms with van der Waals surface area (Å²) in [5.74, 6) is 1.73. The van der Waals surface area contributed by atoms with Crippen LogP contribution in [0.4, 0.5) is 0 Å². The largest absolute Gasteiger partial charge is 0.254 e. The molecule has 0 aliphatic heterocycles. The molecule has 0 spiro atoms. The Kier molecular flexibility index (Phi) is 8.00. The second-order valence-electron chi connectivity index (χ2n) is 14.2. The van der Waals surface area contributed by atoms with Gasteiger partial charge >= 0.3 is 0 Å². The van der Waals surface area contributed by atoms with E-state index in [0.717, 1.165) is 88.2 Å². The Morgan fingerprint density at radius 3 is 1.50 bits per heavy atom. The molecule has 0 amide bonds. The van der Waals surface area contributed by atoms with Crippen LogP contribution in [0.3, 0.4) is 0 Å². The minimum absolute atomic E-state index is 0.524. The van der Waals surface area contributed by atoms with E-state index in [1.807, 2.05) is 85.2 Å². The highest BCUT2D eigenvalue weighted by molar-refractivity contribution is 6.08. The van der Waals surface area contributed by atoms with E-state index in [2.05, 4.69) is 108 Å². The van der Waals surface area contributed by atoms with Crippen molar-refractivity contribution in [2.24, 2.45) is 0 Å². The topological polar surface area (TPSA) is 90.2 Å². The third-order valence-electron chi connectivity index (χ3n) is 10.6. The zero-order chi connectivity index (χ0) is 38.4. The van der Waals surface area contributed by atoms with Gasteiger partial charge in [-0.2, -0.15) is 0 Å². The molecule has 0 atom stereocenters. The Morgan fingerprint density at radius 2 is 0.828 bits per heavy atom. The summed E-state index contributed by atoms with van der Waals surface area (Å²) < 4.78 is 0. The van der Waals surface area contributed by atoms with Gasteiger partial charge in [0.25, 0.3) is 0 Å². The number of hydrogen-bond acceptors (Lipinski definition) is 7. The average Bonchev–Trinajstić information content (AvgIpc) is 3.31. The fourth-order valence-electron chi connectivity index (χ4n) is 7.63. The average molecular weight is 742 g/mol. The molecule has 0 bridgehead atoms. The maximum absolute atomic E-state index is 5.14. The molecule has 11 aromatic rings. The van der Waals surface area contributed by atoms with Gasteiger partial charge in [-0.15, -0.1) is 0 Å². The van der Waals surface area contributed by atoms with Crippen LogP contribution < -0.4 is 0 Å². The summed E-state index contributed by atoms with van der Waals surface area (Å²) in [6, 6.07) is 60.0. The van der Waals surface area contributed by atoms with Crippen LogP contribution in [0.1, 0.15) is 0 Å². The van der Waals surface area contributed by atoms with E-state index in [1.54, 1.807) is 0 Å². The van der Waals surface area contributed by atoms with Crippen LogP contribution in [0.5, 0.6) is 0 Å². The third kappa shape index (κ3) is 6.08. The van der Waals surface area contributed by atoms with E-state index in [-0.39, 0.29) is 0 Å². The van der Waals surface area contributed by atoms with Crippen molar-refractivity contribution in [3.8, 4) is 67.8 Å². The number of benzene rings is 6. The number of pyridine rings is 4. The first-order chi connectivity index (χ1) is 28.7. The summed E-state index contributed by atoms with van der Waals surface area (Å²) in [7, 11) is 0. The lowest BCUT2D eigenvalue weighted by molar-refractivity contribution is 1.06. The fraction of sp³-hybridized carbons (Fsp3) is 0. The third-order valence-corrected chi connectivity index (χ3v) is 10.6. The van der Waals surface area contributed by atoms with Crippen LogP contribution >= 0.6 is 0 Å². The van der Waals surface area contributed by atoms with E-state index in [9.17, 15) is 0 Å². The van der Waals surface area contributed by atoms with Gasteiger partial charge in [0.2, 0.25) is 0 Å². The first-order valence-corrected chi connectivity index (χ1v) is 19.1. The molecule has 7 nitrogen and oxygen atoms in total. The SMILES string of the molecule is c1ccc(-c2nc(-c3ccccc3)nc(-c3ccc4ccc(-c5ccc6ccc(-c7ccc(-c8ccnc9c8ccc8cccnc89)cc7)nc6c5)cc4n3)n2)cc1. The molecule has 11 rings (SSSR count). The molecule has 0 aliphatic carbocycles. The molecule has 0 unspecified atom stereocenters. The van der Waals surface area contributed by atoms with Crippen molar-refractivity contribution < 1.29 is 0 Å². The van der Waals surface area contributed by atoms with Crippen molar-refractivity contribution in [1.29, 1.82) is 0 Å². The lowest BCUT2D eigenvalue weighted by Crippen LogP contribution is -2.01. The van der Waals surface area contributed by atoms with Crippen LogP contribution in [0.2, 0.25) is 0 Å². The number of nitrogens with zero attached hydrogens (tertiary/aromatic N) is 7. The molecule has 0 saturated carbocycles. The molecule has 5 heterocycles. The van der Waals surface area contributed by atoms with E-state index in [1.165, 1.54) is 0 Å². The minimum Gasteiger partial charge on any atom is -0.254 e. The molecule has 6 aromatic carbocycles. The van der Waals surface area contributed by atoms with E-state index >= 15 is 0 Å². The molecular formula is C51H31N7. The lowest BCUT2D eigenvalue weighted by atomic mass is 9.98. The molecule has 5 aromatic heterocycles. The molecule has 0 fully saturated rings. The van der Waals surface area contributed by atoms with Crippen molar-refractivity contribution in [2.45, 2.75) is 0 Å². The predicted octanol–water partition coefficient (Wildman–Crippen LogP) is 12.1. The summed E-state index contributed by atoms with van der Waals surface area (Å²) in [5.41, 5.74) is 12.4. The number of rotatable bonds is 6. The Balaban J connectivity index is 0.922. The van der Waals surface area contributed by atoms with Gasteiger partial charge in [-0.25, -0.2) is 24.9 Å². The predicted molar refractivity (Wildman–Crippen MR) is 234 cm³/mol. The summed E-state index contributed by atoms with van der Waals surface area (Å²) in [5, 5.41) is 4.27. The van der Waals surface area contributed by atoms with Gasteiger partial charge < -0.3 is 0 Å². The zero-order valence-corrected chi connectivity index (χ0v) is 31.0. The van der Waals surface area contributed by atoms with Gasteiger partial charge in [0.05, 0.1) is 27.8 Å². The summed E-state index contributed by atoms with van der Waals surface area (Å²) in [6.45, 7) is 0. The Morgan fingerprint density at radius 1 is 0.293 bits per heavy atom. The number of hydrogen-bond donors (Lipinski definition) is 0. The Hall–Kier alpha value is -8.03. The molecule has 7 heteroatoms. The van der Waals surface area contributed by atoms with Crippen LogP contribution in [-0.2, 0) is 0 Å². The summed E-state index contributed by atoms with van der Waals surface area (Å²) >= 11 is 0. The van der Waals surface area contributed by atoms with Crippen LogP contribution in [0, 0.1) is 0 Å². The zero-order valence-electron chi connectivity index (χ0n) is 31.0. The smallest absolute Gasteiger partial charge is 0.182 e. The normalized spacial score (nSPS) is 11.4. The van der Waals surface area contributed by atoms with E-state index in [0.29, 0.717) is 23.2 Å². The molecule has 0 saturated heterocycles. The second-order valence-corrected chi connectivity index (χ2v) is 14.2. The lowest BCUT2D eigenvalue weighted by Gasteiger charge is -2.10. The van der Waals surface area contributed by atoms with Gasteiger partial charge in [0.15, 0.2) is 17.5 Å². The molecule has 58 heavy (non-hydrogen) atoms. The quantitative estimate of drug-likeness (QED) is 0.157. The number of aromatic nitrogens is 7. The van der Waals surface area contributed by atoms with Crippen LogP contribution in [0.15, 0.2) is 188 Å². The summed E-state index contributed by atoms with van der Waals surface area (Å²) in [4.78, 5) is 34.2. The van der Waals surface area contributed by atoms with E-state index < -0.39 is 0 Å². The summed E-state index contributed by atoms with van der Waals surface area (Å²) in [6.07, 6.45) is 3.69. The van der Waals surface area contributed by atoms with Crippen LogP contribution in [-0.4, -0.2) is 34.9 Å². The standard InChI is InChI=1S/C51H31N7/c1-3-8-37(9-4-1)49-56-50(38-10-5-2-6-11-38)58-51(57-49)44-26-23-35-18-20-40(31-46(35)55-44)39-19-17-34-22-25-43(54-45(34)30-39)33-15-13-32(14-16-33)41-27-29-53-48-42(41)24-21-36-12-7-28-52-47(36)48/h1-31H. The van der Waals surface area contributed by atoms with Crippen molar-refractivity contribution in [1.82, 2.24) is 34.9 Å². The monoisotopic (exact) mass is 741 g/mol. The number of fused-ring (bicyclic) bond motifs is 5. The maximum atomic E-state index is 5.14. The molecule has 270 valence electrons. The van der Waals surface area contributed by atoms with Crippen molar-refractivity contribution in [3.63, 3.8) is 0 Å². The van der Waals surface area contributed by atoms with Gasteiger partial charge in [-0.3, -0.25) is 9.97 Å². The van der Waals surface area contributed by atoms with Crippen molar-refractivity contribution in [2.75, 3.05) is 0 Å². The van der Waals surface area contributed by atoms with E-state index in [4.69, 9.17) is 29.9 Å². The van der Waals surface area contributed by atoms with Crippen molar-refractivity contribution >= 4 is 43.6 Å². The fourth-order valence-corrected chi connectivity index (χ4v) is 7.63. The highest BCUT2D eigenvalue weighted by atomic mass is 15.0. The van der Waals surface area contributed by atoms with Gasteiger partial charge in [-0.05, 0) is 58.7 Å². The van der Waals surface area contributed by atoms with Gasteiger partial charge in [-0.1, -0.05) is 140 Å². The minimum atomic E-state index is 0.524. The maximum Gasteiger partial charge on any atom is 0.182 e. The van der Waals surface area contributed by atoms with Gasteiger partial charge in [0.1, 0.15) is 5.69 Å². The Bertz CT molecular complexity index is 3270. The molecule has 0 N–H and O–H groups in total. The Labute approximate surface area is 333 Å². The first kappa shape index (κ1) is 33.3. The molecule has 0 aliphatic rings. The molecular weight excluding hydrogens is 711 g/mol. The first-order valence-electron chi connectivity index (χ1n) is 19.1.